The Balaban J connectivity index is 0.000000157. The van der Waals surface area contributed by atoms with E-state index in [4.69, 9.17) is 0 Å². The molecule has 0 amide bonds. The second kappa shape index (κ2) is 29.3. The fourth-order valence-corrected chi connectivity index (χ4v) is 14.5. The third-order valence-corrected chi connectivity index (χ3v) is 20.0. The first-order valence-corrected chi connectivity index (χ1v) is 35.7. The number of hydrogen-bond acceptors (Lipinski definition) is 2. The van der Waals surface area contributed by atoms with Crippen LogP contribution in [0.15, 0.2) is 437 Å². The fourth-order valence-electron chi connectivity index (χ4n) is 14.5. The molecule has 18 aromatic rings. The second-order valence-electron chi connectivity index (χ2n) is 26.4. The van der Waals surface area contributed by atoms with Crippen LogP contribution in [0.2, 0.25) is 0 Å². The number of anilines is 6. The first-order chi connectivity index (χ1) is 51.5. The van der Waals surface area contributed by atoms with Gasteiger partial charge >= 0.3 is 0 Å². The monoisotopic (exact) mass is 1320 g/mol. The van der Waals surface area contributed by atoms with Crippen molar-refractivity contribution in [3.05, 3.63) is 437 Å². The van der Waals surface area contributed by atoms with E-state index in [0.29, 0.717) is 0 Å². The van der Waals surface area contributed by atoms with Crippen LogP contribution in [-0.4, -0.2) is 0 Å². The maximum atomic E-state index is 2.35. The Morgan fingerprint density at radius 1 is 0.115 bits per heavy atom. The summed E-state index contributed by atoms with van der Waals surface area (Å²) in [6, 6.07) is 157. The van der Waals surface area contributed by atoms with Crippen molar-refractivity contribution in [2.75, 3.05) is 9.80 Å². The molecule has 18 aromatic carbocycles. The first kappa shape index (κ1) is 63.8. The van der Waals surface area contributed by atoms with E-state index < -0.39 is 0 Å². The highest BCUT2D eigenvalue weighted by molar-refractivity contribution is 5.99. The molecule has 0 heterocycles. The molecule has 18 rings (SSSR count). The molecule has 2 heteroatoms. The normalized spacial score (nSPS) is 11.1. The van der Waals surface area contributed by atoms with Crippen molar-refractivity contribution in [3.8, 4) is 100 Å². The predicted molar refractivity (Wildman–Crippen MR) is 444 cm³/mol. The topological polar surface area (TPSA) is 6.48 Å². The van der Waals surface area contributed by atoms with Gasteiger partial charge in [0.1, 0.15) is 0 Å². The molecule has 104 heavy (non-hydrogen) atoms. The number of benzene rings is 18. The maximum Gasteiger partial charge on any atom is 0.0462 e. The lowest BCUT2D eigenvalue weighted by Crippen LogP contribution is -2.09. The number of rotatable bonds is 15. The van der Waals surface area contributed by atoms with Gasteiger partial charge in [-0.1, -0.05) is 346 Å². The predicted octanol–water partition coefficient (Wildman–Crippen LogP) is 28.8. The van der Waals surface area contributed by atoms with Crippen LogP contribution in [0.5, 0.6) is 0 Å². The van der Waals surface area contributed by atoms with Crippen molar-refractivity contribution in [1.29, 1.82) is 0 Å². The average Bonchev–Trinajstić information content (AvgIpc) is 0.799. The number of para-hydroxylation sites is 1. The van der Waals surface area contributed by atoms with Crippen LogP contribution < -0.4 is 9.80 Å². The van der Waals surface area contributed by atoms with Gasteiger partial charge in [-0.05, 0) is 223 Å². The Morgan fingerprint density at radius 2 is 0.337 bits per heavy atom. The van der Waals surface area contributed by atoms with Crippen molar-refractivity contribution in [2.24, 2.45) is 0 Å². The molecule has 0 fully saturated rings. The lowest BCUT2D eigenvalue weighted by Gasteiger charge is -2.26. The molecular weight excluding hydrogens is 1250 g/mol. The number of fused-ring (bicyclic) bond motifs is 3. The van der Waals surface area contributed by atoms with E-state index in [-0.39, 0.29) is 0 Å². The van der Waals surface area contributed by atoms with Crippen LogP contribution in [0.3, 0.4) is 0 Å². The minimum atomic E-state index is 1.10. The van der Waals surface area contributed by atoms with Crippen LogP contribution >= 0.6 is 0 Å². The summed E-state index contributed by atoms with van der Waals surface area (Å²) < 4.78 is 0. The molecule has 490 valence electrons. The highest BCUT2D eigenvalue weighted by Gasteiger charge is 2.18. The quantitative estimate of drug-likeness (QED) is 0.101. The van der Waals surface area contributed by atoms with Crippen LogP contribution in [0.1, 0.15) is 0 Å². The summed E-state index contributed by atoms with van der Waals surface area (Å²) >= 11 is 0. The van der Waals surface area contributed by atoms with Crippen LogP contribution in [-0.2, 0) is 0 Å². The van der Waals surface area contributed by atoms with Gasteiger partial charge in [-0.2, -0.15) is 0 Å². The van der Waals surface area contributed by atoms with Gasteiger partial charge in [-0.25, -0.2) is 0 Å². The van der Waals surface area contributed by atoms with E-state index in [2.05, 4.69) is 447 Å². The zero-order valence-corrected chi connectivity index (χ0v) is 57.5. The van der Waals surface area contributed by atoms with Crippen LogP contribution in [0, 0.1) is 0 Å². The Kier molecular flexibility index (Phi) is 17.9. The lowest BCUT2D eigenvalue weighted by molar-refractivity contribution is 1.28. The van der Waals surface area contributed by atoms with Gasteiger partial charge in [-0.15, -0.1) is 0 Å². The standard InChI is InChI=1S/C56H39N.C46H33N/c1-2-11-40(12-3-1)48-17-8-18-49(39-48)43-29-35-51(36-30-43)57(52-37-31-47(32-38-52)56-22-10-16-45-14-5-7-20-54(45)56)50-33-27-42(28-34-50)41-23-25-46(26-24-41)55-21-9-15-44-13-4-6-19-53(44)55;1-3-10-34(11-4-1)41-14-9-15-42(32-41)39-26-30-46(31-27-39)47(44-16-5-2-6-17-44)45-28-24-37(25-29-45)36-18-20-38(21-19-36)43-23-22-35-12-7-8-13-40(35)33-43/h1-39H;1-33H. The maximum absolute atomic E-state index is 2.35. The minimum absolute atomic E-state index is 1.10. The molecule has 0 saturated heterocycles. The van der Waals surface area contributed by atoms with Gasteiger partial charge in [0.05, 0.1) is 0 Å². The number of nitrogens with zero attached hydrogens (tertiary/aromatic N) is 2. The highest BCUT2D eigenvalue weighted by atomic mass is 15.1. The molecule has 0 bridgehead atoms. The van der Waals surface area contributed by atoms with E-state index in [1.165, 1.54) is 132 Å². The van der Waals surface area contributed by atoms with Crippen LogP contribution in [0.25, 0.3) is 132 Å². The molecule has 0 aliphatic carbocycles. The van der Waals surface area contributed by atoms with Crippen molar-refractivity contribution >= 4 is 66.4 Å². The summed E-state index contributed by atoms with van der Waals surface area (Å²) in [4.78, 5) is 4.67. The summed E-state index contributed by atoms with van der Waals surface area (Å²) in [6.45, 7) is 0. The summed E-state index contributed by atoms with van der Waals surface area (Å²) in [6.07, 6.45) is 0. The highest BCUT2D eigenvalue weighted by Crippen LogP contribution is 2.42. The Hall–Kier alpha value is -13.7. The van der Waals surface area contributed by atoms with Gasteiger partial charge in [-0.3, -0.25) is 0 Å². The van der Waals surface area contributed by atoms with E-state index in [1.54, 1.807) is 0 Å². The molecule has 0 aromatic heterocycles. The van der Waals surface area contributed by atoms with E-state index in [9.17, 15) is 0 Å². The smallest absolute Gasteiger partial charge is 0.0462 e. The fraction of sp³-hybridized carbons (Fsp3) is 0. The molecule has 2 nitrogen and oxygen atoms in total. The van der Waals surface area contributed by atoms with E-state index >= 15 is 0 Å². The van der Waals surface area contributed by atoms with E-state index in [1.807, 2.05) is 0 Å². The van der Waals surface area contributed by atoms with Crippen molar-refractivity contribution < 1.29 is 0 Å². The first-order valence-electron chi connectivity index (χ1n) is 35.7. The van der Waals surface area contributed by atoms with E-state index in [0.717, 1.165) is 34.1 Å². The van der Waals surface area contributed by atoms with Crippen molar-refractivity contribution in [1.82, 2.24) is 0 Å². The molecule has 0 aliphatic rings. The molecule has 0 aliphatic heterocycles. The van der Waals surface area contributed by atoms with Gasteiger partial charge < -0.3 is 9.80 Å². The van der Waals surface area contributed by atoms with Gasteiger partial charge in [0, 0.05) is 34.1 Å². The SMILES string of the molecule is c1ccc(-c2cccc(-c3ccc(N(c4ccc(-c5ccc(-c6cccc7ccccc67)cc5)cc4)c4ccc(-c5cccc6ccccc56)cc4)cc3)c2)cc1.c1ccc(-c2cccc(-c3ccc(N(c4ccccc4)c4ccc(-c5ccc(-c6ccc7ccccc7c6)cc5)cc4)cc3)c2)cc1. The lowest BCUT2D eigenvalue weighted by atomic mass is 9.96. The van der Waals surface area contributed by atoms with Crippen molar-refractivity contribution in [3.63, 3.8) is 0 Å². The summed E-state index contributed by atoms with van der Waals surface area (Å²) in [5.74, 6) is 0. The Labute approximate surface area is 609 Å². The van der Waals surface area contributed by atoms with Gasteiger partial charge in [0.25, 0.3) is 0 Å². The molecule has 0 N–H and O–H groups in total. The van der Waals surface area contributed by atoms with Crippen LogP contribution in [0.4, 0.5) is 34.1 Å². The Bertz CT molecular complexity index is 5940. The van der Waals surface area contributed by atoms with Crippen molar-refractivity contribution in [2.45, 2.75) is 0 Å². The third kappa shape index (κ3) is 13.6. The minimum Gasteiger partial charge on any atom is -0.311 e. The summed E-state index contributed by atoms with van der Waals surface area (Å²) in [7, 11) is 0. The molecule has 0 saturated carbocycles. The molecule has 0 radical (unpaired) electrons. The third-order valence-electron chi connectivity index (χ3n) is 20.0. The second-order valence-corrected chi connectivity index (χ2v) is 26.4. The largest absolute Gasteiger partial charge is 0.311 e. The molecule has 0 unspecified atom stereocenters. The van der Waals surface area contributed by atoms with Gasteiger partial charge in [0.2, 0.25) is 0 Å². The molecular formula is C102H72N2. The Morgan fingerprint density at radius 3 is 0.712 bits per heavy atom. The molecule has 0 spiro atoms. The van der Waals surface area contributed by atoms with Gasteiger partial charge in [0.15, 0.2) is 0 Å². The number of hydrogen-bond donors (Lipinski definition) is 0. The average molecular weight is 1330 g/mol. The summed E-state index contributed by atoms with van der Waals surface area (Å²) in [5, 5.41) is 7.57. The molecule has 0 atom stereocenters. The zero-order chi connectivity index (χ0) is 69.4. The summed E-state index contributed by atoms with van der Waals surface area (Å²) in [5.41, 5.74) is 28.5. The zero-order valence-electron chi connectivity index (χ0n) is 57.5.